The number of benzene rings is 1. The molecule has 126 valence electrons. The van der Waals surface area contributed by atoms with Crippen LogP contribution in [0.25, 0.3) is 11.5 Å². The van der Waals surface area contributed by atoms with Gasteiger partial charge in [0, 0.05) is 23.2 Å². The zero-order valence-electron chi connectivity index (χ0n) is 14.8. The quantitative estimate of drug-likeness (QED) is 0.661. The van der Waals surface area contributed by atoms with Gasteiger partial charge in [0.05, 0.1) is 11.7 Å². The third-order valence-corrected chi connectivity index (χ3v) is 5.46. The minimum Gasteiger partial charge on any atom is -0.441 e. The van der Waals surface area contributed by atoms with Crippen LogP contribution in [0.5, 0.6) is 0 Å². The summed E-state index contributed by atoms with van der Waals surface area (Å²) in [5, 5.41) is 3.23. The third-order valence-electron chi connectivity index (χ3n) is 4.32. The Kier molecular flexibility index (Phi) is 4.83. The van der Waals surface area contributed by atoms with E-state index in [0.29, 0.717) is 5.89 Å². The predicted octanol–water partition coefficient (Wildman–Crippen LogP) is 4.92. The van der Waals surface area contributed by atoms with Crippen LogP contribution in [0.3, 0.4) is 0 Å². The van der Waals surface area contributed by atoms with Crippen molar-refractivity contribution in [2.24, 2.45) is 0 Å². The molecule has 2 heterocycles. The Morgan fingerprint density at radius 2 is 1.92 bits per heavy atom. The highest BCUT2D eigenvalue weighted by molar-refractivity contribution is 7.09. The molecule has 0 aliphatic carbocycles. The molecule has 0 aliphatic rings. The van der Waals surface area contributed by atoms with E-state index < -0.39 is 0 Å². The van der Waals surface area contributed by atoms with E-state index in [2.05, 4.69) is 48.3 Å². The minimum atomic E-state index is 0.252. The summed E-state index contributed by atoms with van der Waals surface area (Å²) in [6.07, 6.45) is 0. The maximum atomic E-state index is 5.92. The van der Waals surface area contributed by atoms with Gasteiger partial charge in [-0.1, -0.05) is 18.2 Å². The molecule has 1 aromatic carbocycles. The van der Waals surface area contributed by atoms with Gasteiger partial charge < -0.3 is 4.42 Å². The summed E-state index contributed by atoms with van der Waals surface area (Å²) < 4.78 is 5.92. The van der Waals surface area contributed by atoms with E-state index in [1.807, 2.05) is 26.0 Å². The molecule has 0 spiro atoms. The molecule has 0 bridgehead atoms. The topological polar surface area (TPSA) is 42.2 Å². The second kappa shape index (κ2) is 6.87. The number of oxazole rings is 1. The van der Waals surface area contributed by atoms with Crippen LogP contribution in [0.15, 0.2) is 34.1 Å². The van der Waals surface area contributed by atoms with Crippen LogP contribution in [0, 0.1) is 20.8 Å². The monoisotopic (exact) mass is 341 g/mol. The van der Waals surface area contributed by atoms with Crippen LogP contribution in [-0.4, -0.2) is 21.9 Å². The molecule has 3 rings (SSSR count). The summed E-state index contributed by atoms with van der Waals surface area (Å²) in [7, 11) is 2.10. The normalized spacial score (nSPS) is 12.8. The summed E-state index contributed by atoms with van der Waals surface area (Å²) in [4.78, 5) is 11.6. The molecule has 0 saturated carbocycles. The first-order valence-electron chi connectivity index (χ1n) is 8.10. The molecule has 3 aromatic rings. The number of aryl methyl sites for hydroxylation is 3. The molecule has 0 saturated heterocycles. The predicted molar refractivity (Wildman–Crippen MR) is 98.1 cm³/mol. The Balaban J connectivity index is 1.79. The van der Waals surface area contributed by atoms with Crippen LogP contribution < -0.4 is 0 Å². The number of aromatic nitrogens is 2. The average molecular weight is 341 g/mol. The Labute approximate surface area is 147 Å². The van der Waals surface area contributed by atoms with E-state index in [1.54, 1.807) is 11.3 Å². The van der Waals surface area contributed by atoms with Crippen molar-refractivity contribution in [1.29, 1.82) is 0 Å². The van der Waals surface area contributed by atoms with Gasteiger partial charge in [-0.25, -0.2) is 9.97 Å². The fourth-order valence-corrected chi connectivity index (χ4v) is 3.55. The smallest absolute Gasteiger partial charge is 0.226 e. The number of thiazole rings is 1. The van der Waals surface area contributed by atoms with Crippen LogP contribution in [0.2, 0.25) is 0 Å². The Bertz CT molecular complexity index is 837. The molecule has 0 radical (unpaired) electrons. The molecule has 0 amide bonds. The third kappa shape index (κ3) is 3.42. The van der Waals surface area contributed by atoms with Gasteiger partial charge in [0.2, 0.25) is 5.89 Å². The second-order valence-electron chi connectivity index (χ2n) is 6.26. The SMILES string of the molecule is Cc1csc([C@@H](C)N(C)Cc2nc(-c3ccccc3C)oc2C)n1. The van der Waals surface area contributed by atoms with Crippen molar-refractivity contribution in [3.05, 3.63) is 57.4 Å². The van der Waals surface area contributed by atoms with Crippen molar-refractivity contribution >= 4 is 11.3 Å². The van der Waals surface area contributed by atoms with Crippen molar-refractivity contribution in [2.45, 2.75) is 40.3 Å². The van der Waals surface area contributed by atoms with Gasteiger partial charge in [-0.15, -0.1) is 11.3 Å². The standard InChI is InChI=1S/C19H23N3OS/c1-12-8-6-7-9-16(12)18-21-17(15(4)23-18)10-22(5)14(3)19-20-13(2)11-24-19/h6-9,11,14H,10H2,1-5H3/t14-/m1/s1. The zero-order valence-corrected chi connectivity index (χ0v) is 15.6. The first-order chi connectivity index (χ1) is 11.5. The summed E-state index contributed by atoms with van der Waals surface area (Å²) in [6, 6.07) is 8.42. The van der Waals surface area contributed by atoms with E-state index in [-0.39, 0.29) is 6.04 Å². The molecule has 2 aromatic heterocycles. The lowest BCUT2D eigenvalue weighted by Gasteiger charge is -2.21. The molecule has 0 unspecified atom stereocenters. The van der Waals surface area contributed by atoms with Crippen LogP contribution in [0.4, 0.5) is 0 Å². The summed E-state index contributed by atoms with van der Waals surface area (Å²) in [6.45, 7) is 9.00. The van der Waals surface area contributed by atoms with E-state index in [4.69, 9.17) is 9.40 Å². The first-order valence-corrected chi connectivity index (χ1v) is 8.98. The summed E-state index contributed by atoms with van der Waals surface area (Å²) in [5.74, 6) is 1.58. The zero-order chi connectivity index (χ0) is 17.3. The van der Waals surface area contributed by atoms with Crippen molar-refractivity contribution in [2.75, 3.05) is 7.05 Å². The lowest BCUT2D eigenvalue weighted by Crippen LogP contribution is -2.22. The van der Waals surface area contributed by atoms with Crippen LogP contribution >= 0.6 is 11.3 Å². The van der Waals surface area contributed by atoms with Crippen molar-refractivity contribution in [3.63, 3.8) is 0 Å². The molecule has 0 fully saturated rings. The van der Waals surface area contributed by atoms with Gasteiger partial charge in [0.25, 0.3) is 0 Å². The summed E-state index contributed by atoms with van der Waals surface area (Å²) >= 11 is 1.71. The van der Waals surface area contributed by atoms with Gasteiger partial charge in [0.15, 0.2) is 0 Å². The molecular formula is C19H23N3OS. The molecule has 4 nitrogen and oxygen atoms in total. The average Bonchev–Trinajstić information content (AvgIpc) is 3.13. The van der Waals surface area contributed by atoms with E-state index in [9.17, 15) is 0 Å². The van der Waals surface area contributed by atoms with E-state index >= 15 is 0 Å². The fourth-order valence-electron chi connectivity index (χ4n) is 2.63. The van der Waals surface area contributed by atoms with Gasteiger partial charge >= 0.3 is 0 Å². The maximum Gasteiger partial charge on any atom is 0.226 e. The largest absolute Gasteiger partial charge is 0.441 e. The Morgan fingerprint density at radius 3 is 2.58 bits per heavy atom. The van der Waals surface area contributed by atoms with Gasteiger partial charge in [0.1, 0.15) is 10.8 Å². The molecule has 0 N–H and O–H groups in total. The Morgan fingerprint density at radius 1 is 1.17 bits per heavy atom. The van der Waals surface area contributed by atoms with E-state index in [0.717, 1.165) is 34.3 Å². The van der Waals surface area contributed by atoms with Crippen LogP contribution in [-0.2, 0) is 6.54 Å². The van der Waals surface area contributed by atoms with Crippen molar-refractivity contribution < 1.29 is 4.42 Å². The Hall–Kier alpha value is -1.98. The van der Waals surface area contributed by atoms with Crippen molar-refractivity contribution in [1.82, 2.24) is 14.9 Å². The number of nitrogens with zero attached hydrogens (tertiary/aromatic N) is 3. The van der Waals surface area contributed by atoms with Crippen molar-refractivity contribution in [3.8, 4) is 11.5 Å². The van der Waals surface area contributed by atoms with Crippen LogP contribution in [0.1, 0.15) is 40.7 Å². The second-order valence-corrected chi connectivity index (χ2v) is 7.14. The van der Waals surface area contributed by atoms with E-state index in [1.165, 1.54) is 5.56 Å². The molecule has 1 atom stereocenters. The highest BCUT2D eigenvalue weighted by Gasteiger charge is 2.19. The van der Waals surface area contributed by atoms with Gasteiger partial charge in [-0.3, -0.25) is 4.90 Å². The highest BCUT2D eigenvalue weighted by atomic mass is 32.1. The fraction of sp³-hybridized carbons (Fsp3) is 0.368. The number of hydrogen-bond donors (Lipinski definition) is 0. The lowest BCUT2D eigenvalue weighted by atomic mass is 10.1. The highest BCUT2D eigenvalue weighted by Crippen LogP contribution is 2.28. The molecule has 5 heteroatoms. The first kappa shape index (κ1) is 16.9. The minimum absolute atomic E-state index is 0.252. The number of rotatable bonds is 5. The maximum absolute atomic E-state index is 5.92. The van der Waals surface area contributed by atoms with Gasteiger partial charge in [-0.2, -0.15) is 0 Å². The summed E-state index contributed by atoms with van der Waals surface area (Å²) in [5.41, 5.74) is 4.29. The van der Waals surface area contributed by atoms with Gasteiger partial charge in [-0.05, 0) is 46.4 Å². The molecular weight excluding hydrogens is 318 g/mol. The molecule has 0 aliphatic heterocycles. The lowest BCUT2D eigenvalue weighted by molar-refractivity contribution is 0.248. The molecule has 24 heavy (non-hydrogen) atoms. The number of hydrogen-bond acceptors (Lipinski definition) is 5.